The van der Waals surface area contributed by atoms with E-state index in [-0.39, 0.29) is 11.5 Å². The standard InChI is InChI=1S/C17H28OS/c1-17(2,3)16-12-11-15(19-16)14(18)10-9-13-7-5-4-6-8-13/h11-14,18H,4-10H2,1-3H3. The Morgan fingerprint density at radius 2 is 1.89 bits per heavy atom. The van der Waals surface area contributed by atoms with E-state index in [9.17, 15) is 5.11 Å². The molecular weight excluding hydrogens is 252 g/mol. The molecule has 1 aliphatic carbocycles. The van der Waals surface area contributed by atoms with Crippen molar-refractivity contribution in [3.8, 4) is 0 Å². The molecule has 1 atom stereocenters. The summed E-state index contributed by atoms with van der Waals surface area (Å²) in [5, 5.41) is 10.3. The van der Waals surface area contributed by atoms with Crippen LogP contribution in [0.3, 0.4) is 0 Å². The van der Waals surface area contributed by atoms with Gasteiger partial charge in [-0.15, -0.1) is 11.3 Å². The monoisotopic (exact) mass is 280 g/mol. The smallest absolute Gasteiger partial charge is 0.0882 e. The Hall–Kier alpha value is -0.340. The molecular formula is C17H28OS. The molecule has 0 spiro atoms. The molecule has 0 radical (unpaired) electrons. The molecule has 19 heavy (non-hydrogen) atoms. The lowest BCUT2D eigenvalue weighted by Crippen LogP contribution is -2.08. The second kappa shape index (κ2) is 6.41. The summed E-state index contributed by atoms with van der Waals surface area (Å²) >= 11 is 1.78. The van der Waals surface area contributed by atoms with Crippen molar-refractivity contribution >= 4 is 11.3 Å². The minimum absolute atomic E-state index is 0.200. The van der Waals surface area contributed by atoms with Crippen LogP contribution in [0.2, 0.25) is 0 Å². The summed E-state index contributed by atoms with van der Waals surface area (Å²) < 4.78 is 0. The predicted molar refractivity (Wildman–Crippen MR) is 83.8 cm³/mol. The Balaban J connectivity index is 1.85. The van der Waals surface area contributed by atoms with Gasteiger partial charge in [-0.1, -0.05) is 52.9 Å². The van der Waals surface area contributed by atoms with Gasteiger partial charge in [-0.3, -0.25) is 0 Å². The summed E-state index contributed by atoms with van der Waals surface area (Å²) in [7, 11) is 0. The van der Waals surface area contributed by atoms with E-state index >= 15 is 0 Å². The summed E-state index contributed by atoms with van der Waals surface area (Å²) in [5.41, 5.74) is 0.200. The van der Waals surface area contributed by atoms with Gasteiger partial charge in [0.1, 0.15) is 0 Å². The molecule has 1 aromatic heterocycles. The first-order valence-electron chi connectivity index (χ1n) is 7.75. The van der Waals surface area contributed by atoms with Crippen LogP contribution in [0.25, 0.3) is 0 Å². The van der Waals surface area contributed by atoms with Crippen molar-refractivity contribution in [2.24, 2.45) is 5.92 Å². The first kappa shape index (κ1) is 15.1. The highest BCUT2D eigenvalue weighted by molar-refractivity contribution is 7.12. The van der Waals surface area contributed by atoms with Gasteiger partial charge >= 0.3 is 0 Å². The second-order valence-corrected chi connectivity index (χ2v) is 8.16. The molecule has 1 unspecified atom stereocenters. The van der Waals surface area contributed by atoms with Crippen molar-refractivity contribution in [3.05, 3.63) is 21.9 Å². The third kappa shape index (κ3) is 4.32. The molecule has 1 N–H and O–H groups in total. The largest absolute Gasteiger partial charge is 0.388 e. The van der Waals surface area contributed by atoms with Gasteiger partial charge in [-0.05, 0) is 36.3 Å². The zero-order chi connectivity index (χ0) is 13.9. The van der Waals surface area contributed by atoms with Crippen molar-refractivity contribution in [3.63, 3.8) is 0 Å². The molecule has 1 nitrogen and oxygen atoms in total. The second-order valence-electron chi connectivity index (χ2n) is 7.05. The van der Waals surface area contributed by atoms with Crippen LogP contribution < -0.4 is 0 Å². The molecule has 0 bridgehead atoms. The average molecular weight is 280 g/mol. The first-order chi connectivity index (χ1) is 8.97. The molecule has 1 heterocycles. The van der Waals surface area contributed by atoms with Gasteiger partial charge in [0.25, 0.3) is 0 Å². The summed E-state index contributed by atoms with van der Waals surface area (Å²) in [6, 6.07) is 4.31. The average Bonchev–Trinajstić information content (AvgIpc) is 2.87. The summed E-state index contributed by atoms with van der Waals surface area (Å²) in [6.07, 6.45) is 8.86. The summed E-state index contributed by atoms with van der Waals surface area (Å²) in [5.74, 6) is 0.866. The lowest BCUT2D eigenvalue weighted by molar-refractivity contribution is 0.154. The first-order valence-corrected chi connectivity index (χ1v) is 8.57. The number of rotatable bonds is 4. The van der Waals surface area contributed by atoms with Gasteiger partial charge in [0.05, 0.1) is 6.10 Å². The molecule has 108 valence electrons. The maximum absolute atomic E-state index is 10.3. The molecule has 1 fully saturated rings. The molecule has 0 saturated heterocycles. The molecule has 1 saturated carbocycles. The van der Waals surface area contributed by atoms with Crippen LogP contribution in [0.15, 0.2) is 12.1 Å². The molecule has 1 aliphatic rings. The van der Waals surface area contributed by atoms with E-state index in [0.717, 1.165) is 17.2 Å². The van der Waals surface area contributed by atoms with E-state index in [4.69, 9.17) is 0 Å². The number of hydrogen-bond donors (Lipinski definition) is 1. The van der Waals surface area contributed by atoms with Gasteiger partial charge in [0, 0.05) is 9.75 Å². The highest BCUT2D eigenvalue weighted by Crippen LogP contribution is 2.35. The Kier molecular flexibility index (Phi) is 5.08. The van der Waals surface area contributed by atoms with E-state index in [0.29, 0.717) is 0 Å². The van der Waals surface area contributed by atoms with E-state index in [2.05, 4.69) is 32.9 Å². The Morgan fingerprint density at radius 1 is 1.21 bits per heavy atom. The van der Waals surface area contributed by atoms with Crippen LogP contribution in [0.1, 0.15) is 81.6 Å². The Bertz CT molecular complexity index is 382. The third-order valence-electron chi connectivity index (χ3n) is 4.27. The quantitative estimate of drug-likeness (QED) is 0.778. The fourth-order valence-electron chi connectivity index (χ4n) is 2.95. The maximum atomic E-state index is 10.3. The fourth-order valence-corrected chi connectivity index (χ4v) is 4.03. The van der Waals surface area contributed by atoms with Crippen molar-refractivity contribution in [1.29, 1.82) is 0 Å². The van der Waals surface area contributed by atoms with E-state index < -0.39 is 0 Å². The zero-order valence-electron chi connectivity index (χ0n) is 12.6. The highest BCUT2D eigenvalue weighted by Gasteiger charge is 2.20. The maximum Gasteiger partial charge on any atom is 0.0882 e. The van der Waals surface area contributed by atoms with Crippen LogP contribution in [0.4, 0.5) is 0 Å². The Labute approximate surface area is 122 Å². The normalized spacial score (nSPS) is 19.6. The van der Waals surface area contributed by atoms with Crippen molar-refractivity contribution in [2.45, 2.75) is 77.2 Å². The summed E-state index contributed by atoms with van der Waals surface area (Å²) in [4.78, 5) is 2.53. The zero-order valence-corrected chi connectivity index (χ0v) is 13.4. The van der Waals surface area contributed by atoms with E-state index in [1.807, 2.05) is 0 Å². The third-order valence-corrected chi connectivity index (χ3v) is 5.88. The number of hydrogen-bond acceptors (Lipinski definition) is 2. The van der Waals surface area contributed by atoms with Crippen molar-refractivity contribution in [2.75, 3.05) is 0 Å². The summed E-state index contributed by atoms with van der Waals surface area (Å²) in [6.45, 7) is 6.70. The van der Waals surface area contributed by atoms with Crippen LogP contribution in [0, 0.1) is 5.92 Å². The molecule has 1 aromatic rings. The van der Waals surface area contributed by atoms with Crippen LogP contribution >= 0.6 is 11.3 Å². The Morgan fingerprint density at radius 3 is 2.47 bits per heavy atom. The molecule has 2 rings (SSSR count). The van der Waals surface area contributed by atoms with Crippen molar-refractivity contribution < 1.29 is 5.11 Å². The number of aliphatic hydroxyl groups excluding tert-OH is 1. The fraction of sp³-hybridized carbons (Fsp3) is 0.765. The SMILES string of the molecule is CC(C)(C)c1ccc(C(O)CCC2CCCCC2)s1. The van der Waals surface area contributed by atoms with Crippen LogP contribution in [0.5, 0.6) is 0 Å². The minimum Gasteiger partial charge on any atom is -0.388 e. The molecule has 0 aliphatic heterocycles. The highest BCUT2D eigenvalue weighted by atomic mass is 32.1. The molecule has 2 heteroatoms. The predicted octanol–water partition coefficient (Wildman–Crippen LogP) is 5.44. The lowest BCUT2D eigenvalue weighted by atomic mass is 9.85. The molecule has 0 aromatic carbocycles. The lowest BCUT2D eigenvalue weighted by Gasteiger charge is -2.22. The minimum atomic E-state index is -0.247. The van der Waals surface area contributed by atoms with E-state index in [1.165, 1.54) is 43.4 Å². The molecule has 0 amide bonds. The van der Waals surface area contributed by atoms with Gasteiger partial charge < -0.3 is 5.11 Å². The number of thiophene rings is 1. The van der Waals surface area contributed by atoms with Gasteiger partial charge in [-0.2, -0.15) is 0 Å². The topological polar surface area (TPSA) is 20.2 Å². The van der Waals surface area contributed by atoms with Crippen molar-refractivity contribution in [1.82, 2.24) is 0 Å². The van der Waals surface area contributed by atoms with Crippen LogP contribution in [-0.2, 0) is 5.41 Å². The van der Waals surface area contributed by atoms with E-state index in [1.54, 1.807) is 11.3 Å². The van der Waals surface area contributed by atoms with Crippen LogP contribution in [-0.4, -0.2) is 5.11 Å². The van der Waals surface area contributed by atoms with Gasteiger partial charge in [0.15, 0.2) is 0 Å². The number of aliphatic hydroxyl groups is 1. The van der Waals surface area contributed by atoms with Gasteiger partial charge in [-0.25, -0.2) is 0 Å². The van der Waals surface area contributed by atoms with Gasteiger partial charge in [0.2, 0.25) is 0 Å².